The molecule has 6 nitrogen and oxygen atoms in total. The van der Waals surface area contributed by atoms with Crippen molar-refractivity contribution in [1.29, 1.82) is 0 Å². The second-order valence-corrected chi connectivity index (χ2v) is 21.3. The maximum atomic E-state index is 12.9. The zero-order valence-corrected chi connectivity index (χ0v) is 52.2. The number of esters is 3. The van der Waals surface area contributed by atoms with Gasteiger partial charge in [-0.25, -0.2) is 0 Å². The molecular weight excluding hydrogens is 997 g/mol. The Labute approximate surface area is 499 Å². The number of hydrogen-bond donors (Lipinski definition) is 0. The Balaban J connectivity index is 4.35. The van der Waals surface area contributed by atoms with Crippen molar-refractivity contribution >= 4 is 17.9 Å². The van der Waals surface area contributed by atoms with Gasteiger partial charge >= 0.3 is 17.9 Å². The van der Waals surface area contributed by atoms with E-state index in [0.29, 0.717) is 12.8 Å². The number of ether oxygens (including phenoxy) is 3. The molecule has 0 N–H and O–H groups in total. The summed E-state index contributed by atoms with van der Waals surface area (Å²) in [5, 5.41) is 0. The standard InChI is InChI=1S/C75H120O6/c1-4-7-10-13-16-19-22-24-26-28-30-32-34-35-36-37-38-39-41-42-44-46-48-50-53-56-59-62-65-68-74(77)80-71-72(70-79-73(76)67-64-61-58-55-52-21-18-15-12-9-6-3)81-75(78)69-66-63-60-57-54-51-49-47-45-43-40-33-31-29-27-25-23-20-17-14-11-8-5-2/h7-8,10-11,15-20,24-27,30-33,35-36,38-39,43,45,49,51,72H,4-6,9,12-14,21-23,28-29,34,37,40-42,44,46-48,50,52-71H2,1-3H3/b10-7-,11-8-,18-15-,19-16-,20-17-,26-24-,27-25-,32-30-,33-31-,36-35-,39-38-,45-43-,51-49-. The van der Waals surface area contributed by atoms with E-state index in [-0.39, 0.29) is 37.5 Å². The summed E-state index contributed by atoms with van der Waals surface area (Å²) in [7, 11) is 0. The lowest BCUT2D eigenvalue weighted by molar-refractivity contribution is -0.167. The van der Waals surface area contributed by atoms with Crippen molar-refractivity contribution in [2.24, 2.45) is 0 Å². The number of carbonyl (C=O) groups excluding carboxylic acids is 3. The maximum Gasteiger partial charge on any atom is 0.306 e. The Morgan fingerprint density at radius 1 is 0.259 bits per heavy atom. The van der Waals surface area contributed by atoms with Crippen molar-refractivity contribution in [2.75, 3.05) is 13.2 Å². The van der Waals surface area contributed by atoms with E-state index in [0.717, 1.165) is 167 Å². The molecule has 81 heavy (non-hydrogen) atoms. The highest BCUT2D eigenvalue weighted by atomic mass is 16.6. The third-order valence-electron chi connectivity index (χ3n) is 13.5. The molecule has 0 aliphatic rings. The first-order valence-electron chi connectivity index (χ1n) is 33.0. The highest BCUT2D eigenvalue weighted by Crippen LogP contribution is 2.15. The molecule has 0 radical (unpaired) electrons. The number of carbonyl (C=O) groups is 3. The van der Waals surface area contributed by atoms with Gasteiger partial charge in [0.05, 0.1) is 0 Å². The van der Waals surface area contributed by atoms with E-state index in [1.807, 2.05) is 0 Å². The van der Waals surface area contributed by atoms with Gasteiger partial charge in [-0.3, -0.25) is 14.4 Å². The van der Waals surface area contributed by atoms with Gasteiger partial charge < -0.3 is 14.2 Å². The molecule has 0 aliphatic heterocycles. The summed E-state index contributed by atoms with van der Waals surface area (Å²) >= 11 is 0. The van der Waals surface area contributed by atoms with Crippen LogP contribution >= 0.6 is 0 Å². The normalized spacial score (nSPS) is 13.2. The fraction of sp³-hybridized carbons (Fsp3) is 0.613. The first-order valence-corrected chi connectivity index (χ1v) is 33.0. The van der Waals surface area contributed by atoms with Gasteiger partial charge in [0.15, 0.2) is 6.10 Å². The van der Waals surface area contributed by atoms with Crippen LogP contribution in [-0.4, -0.2) is 37.2 Å². The minimum absolute atomic E-state index is 0.0991. The summed E-state index contributed by atoms with van der Waals surface area (Å²) in [6.45, 7) is 6.34. The lowest BCUT2D eigenvalue weighted by atomic mass is 10.1. The first kappa shape index (κ1) is 76.0. The van der Waals surface area contributed by atoms with Crippen LogP contribution in [0.2, 0.25) is 0 Å². The molecule has 0 aromatic heterocycles. The van der Waals surface area contributed by atoms with Crippen LogP contribution in [0.3, 0.4) is 0 Å². The Bertz CT molecular complexity index is 1810. The molecule has 1 unspecified atom stereocenters. The smallest absolute Gasteiger partial charge is 0.306 e. The van der Waals surface area contributed by atoms with Crippen LogP contribution in [0.4, 0.5) is 0 Å². The average Bonchev–Trinajstić information content (AvgIpc) is 3.47. The molecule has 0 aromatic rings. The summed E-state index contributed by atoms with van der Waals surface area (Å²) < 4.78 is 16.9. The fourth-order valence-corrected chi connectivity index (χ4v) is 8.61. The van der Waals surface area contributed by atoms with Crippen LogP contribution in [0.1, 0.15) is 278 Å². The Morgan fingerprint density at radius 2 is 0.481 bits per heavy atom. The zero-order chi connectivity index (χ0) is 58.5. The SMILES string of the molecule is CC/C=C\C/C=C\C/C=C\C/C=C\C/C=C\C/C=C\CCCCCCCCCCCCC(=O)OCC(COC(=O)CCCCCCC/C=C\CCCC)OC(=O)CCCCCC/C=C\C/C=C\C/C=C\C/C=C\C/C=C\C/C=C\CC. The van der Waals surface area contributed by atoms with Crippen molar-refractivity contribution in [2.45, 2.75) is 284 Å². The van der Waals surface area contributed by atoms with E-state index in [1.54, 1.807) is 0 Å². The highest BCUT2D eigenvalue weighted by Gasteiger charge is 2.19. The van der Waals surface area contributed by atoms with Crippen molar-refractivity contribution in [3.05, 3.63) is 158 Å². The van der Waals surface area contributed by atoms with Gasteiger partial charge in [0, 0.05) is 19.3 Å². The quantitative estimate of drug-likeness (QED) is 0.0261. The van der Waals surface area contributed by atoms with E-state index in [9.17, 15) is 14.4 Å². The molecule has 456 valence electrons. The zero-order valence-electron chi connectivity index (χ0n) is 52.2. The third kappa shape index (κ3) is 65.7. The largest absolute Gasteiger partial charge is 0.462 e. The Morgan fingerprint density at radius 3 is 0.765 bits per heavy atom. The summed E-state index contributed by atoms with van der Waals surface area (Å²) in [5.74, 6) is -0.940. The van der Waals surface area contributed by atoms with Crippen LogP contribution in [0.25, 0.3) is 0 Å². The minimum atomic E-state index is -0.805. The highest BCUT2D eigenvalue weighted by molar-refractivity contribution is 5.71. The summed E-state index contributed by atoms with van der Waals surface area (Å²) in [5.41, 5.74) is 0. The maximum absolute atomic E-state index is 12.9. The van der Waals surface area contributed by atoms with E-state index in [2.05, 4.69) is 179 Å². The molecule has 0 bridgehead atoms. The van der Waals surface area contributed by atoms with Gasteiger partial charge in [-0.2, -0.15) is 0 Å². The van der Waals surface area contributed by atoms with E-state index in [4.69, 9.17) is 14.2 Å². The number of hydrogen-bond acceptors (Lipinski definition) is 6. The molecule has 0 aliphatic carbocycles. The summed E-state index contributed by atoms with van der Waals surface area (Å²) in [6.07, 6.45) is 98.2. The Kier molecular flexibility index (Phi) is 63.4. The van der Waals surface area contributed by atoms with E-state index in [1.165, 1.54) is 70.6 Å². The lowest BCUT2D eigenvalue weighted by Crippen LogP contribution is -2.30. The van der Waals surface area contributed by atoms with Gasteiger partial charge in [-0.05, 0) is 141 Å². The molecule has 0 fully saturated rings. The van der Waals surface area contributed by atoms with Crippen LogP contribution in [0, 0.1) is 0 Å². The van der Waals surface area contributed by atoms with Crippen molar-refractivity contribution < 1.29 is 28.6 Å². The Hall–Kier alpha value is -4.97. The predicted molar refractivity (Wildman–Crippen MR) is 352 cm³/mol. The molecule has 0 spiro atoms. The first-order chi connectivity index (χ1) is 40.0. The molecule has 6 heteroatoms. The van der Waals surface area contributed by atoms with Gasteiger partial charge in [0.1, 0.15) is 13.2 Å². The molecule has 0 saturated carbocycles. The van der Waals surface area contributed by atoms with Crippen LogP contribution < -0.4 is 0 Å². The van der Waals surface area contributed by atoms with Crippen LogP contribution in [0.5, 0.6) is 0 Å². The number of allylic oxidation sites excluding steroid dienone is 26. The van der Waals surface area contributed by atoms with Gasteiger partial charge in [-0.15, -0.1) is 0 Å². The van der Waals surface area contributed by atoms with Crippen LogP contribution in [-0.2, 0) is 28.6 Å². The van der Waals surface area contributed by atoms with Gasteiger partial charge in [0.25, 0.3) is 0 Å². The lowest BCUT2D eigenvalue weighted by Gasteiger charge is -2.18. The monoisotopic (exact) mass is 1120 g/mol. The fourth-order valence-electron chi connectivity index (χ4n) is 8.61. The van der Waals surface area contributed by atoms with Crippen LogP contribution in [0.15, 0.2) is 158 Å². The number of unbranched alkanes of at least 4 members (excludes halogenated alkanes) is 21. The molecule has 1 atom stereocenters. The average molecular weight is 1120 g/mol. The molecule has 0 saturated heterocycles. The molecular formula is C75H120O6. The topological polar surface area (TPSA) is 78.9 Å². The van der Waals surface area contributed by atoms with Crippen molar-refractivity contribution in [3.63, 3.8) is 0 Å². The molecule has 0 amide bonds. The van der Waals surface area contributed by atoms with Gasteiger partial charge in [0.2, 0.25) is 0 Å². The second-order valence-electron chi connectivity index (χ2n) is 21.3. The molecule has 0 heterocycles. The summed E-state index contributed by atoms with van der Waals surface area (Å²) in [6, 6.07) is 0. The summed E-state index contributed by atoms with van der Waals surface area (Å²) in [4.78, 5) is 38.3. The van der Waals surface area contributed by atoms with Crippen molar-refractivity contribution in [3.8, 4) is 0 Å². The van der Waals surface area contributed by atoms with E-state index < -0.39 is 6.10 Å². The second kappa shape index (κ2) is 67.5. The number of rotatable bonds is 58. The third-order valence-corrected chi connectivity index (χ3v) is 13.5. The van der Waals surface area contributed by atoms with Crippen molar-refractivity contribution in [1.82, 2.24) is 0 Å². The van der Waals surface area contributed by atoms with E-state index >= 15 is 0 Å². The van der Waals surface area contributed by atoms with Gasteiger partial charge in [-0.1, -0.05) is 275 Å². The molecule has 0 rings (SSSR count). The minimum Gasteiger partial charge on any atom is -0.462 e. The predicted octanol–water partition coefficient (Wildman–Crippen LogP) is 22.9. The molecule has 0 aromatic carbocycles.